The molecule has 2 amide bonds. The van der Waals surface area contributed by atoms with Gasteiger partial charge in [-0.05, 0) is 19.3 Å². The van der Waals surface area contributed by atoms with E-state index in [9.17, 15) is 9.59 Å². The molecule has 0 aliphatic heterocycles. The highest BCUT2D eigenvalue weighted by Crippen LogP contribution is 2.34. The van der Waals surface area contributed by atoms with Gasteiger partial charge in [0.05, 0.1) is 5.41 Å². The van der Waals surface area contributed by atoms with E-state index in [1.165, 1.54) is 12.8 Å². The number of rotatable bonds is 7. The zero-order valence-electron chi connectivity index (χ0n) is 12.7. The van der Waals surface area contributed by atoms with Crippen molar-refractivity contribution >= 4 is 11.8 Å². The standard InChI is InChI=1S/C15H29N3O2/c1-2-10-17-13(19)7-11-18-14(20)15(12-16)8-5-3-4-6-9-15/h2-12,16H2,1H3,(H,17,19)(H,18,20). The summed E-state index contributed by atoms with van der Waals surface area (Å²) < 4.78 is 0. The zero-order chi connectivity index (χ0) is 14.8. The van der Waals surface area contributed by atoms with Gasteiger partial charge in [-0.15, -0.1) is 0 Å². The van der Waals surface area contributed by atoms with E-state index in [2.05, 4.69) is 10.6 Å². The fraction of sp³-hybridized carbons (Fsp3) is 0.867. The Balaban J connectivity index is 2.37. The second-order valence-corrected chi connectivity index (χ2v) is 5.75. The number of amides is 2. The Labute approximate surface area is 122 Å². The van der Waals surface area contributed by atoms with Crippen molar-refractivity contribution in [3.05, 3.63) is 0 Å². The van der Waals surface area contributed by atoms with E-state index in [1.807, 2.05) is 6.92 Å². The minimum Gasteiger partial charge on any atom is -0.356 e. The van der Waals surface area contributed by atoms with E-state index in [0.29, 0.717) is 26.1 Å². The number of hydrogen-bond acceptors (Lipinski definition) is 3. The van der Waals surface area contributed by atoms with E-state index in [0.717, 1.165) is 32.1 Å². The number of nitrogens with two attached hydrogens (primary N) is 1. The highest BCUT2D eigenvalue weighted by Gasteiger charge is 2.36. The molecule has 4 N–H and O–H groups in total. The second-order valence-electron chi connectivity index (χ2n) is 5.75. The van der Waals surface area contributed by atoms with Gasteiger partial charge in [0.1, 0.15) is 0 Å². The van der Waals surface area contributed by atoms with Crippen LogP contribution >= 0.6 is 0 Å². The Morgan fingerprint density at radius 3 is 2.25 bits per heavy atom. The maximum absolute atomic E-state index is 12.4. The van der Waals surface area contributed by atoms with Gasteiger partial charge in [0.2, 0.25) is 11.8 Å². The highest BCUT2D eigenvalue weighted by atomic mass is 16.2. The average molecular weight is 283 g/mol. The smallest absolute Gasteiger partial charge is 0.227 e. The average Bonchev–Trinajstić information content (AvgIpc) is 2.71. The Bertz CT molecular complexity index is 310. The largest absolute Gasteiger partial charge is 0.356 e. The molecule has 1 aliphatic carbocycles. The normalized spacial score (nSPS) is 18.1. The van der Waals surface area contributed by atoms with Crippen LogP contribution < -0.4 is 16.4 Å². The van der Waals surface area contributed by atoms with E-state index in [-0.39, 0.29) is 11.8 Å². The van der Waals surface area contributed by atoms with Gasteiger partial charge in [-0.2, -0.15) is 0 Å². The molecule has 0 aromatic rings. The number of hydrogen-bond donors (Lipinski definition) is 3. The van der Waals surface area contributed by atoms with Gasteiger partial charge in [0.15, 0.2) is 0 Å². The lowest BCUT2D eigenvalue weighted by Gasteiger charge is -2.29. The predicted octanol–water partition coefficient (Wildman–Crippen LogP) is 1.32. The summed E-state index contributed by atoms with van der Waals surface area (Å²) in [5, 5.41) is 5.70. The minimum absolute atomic E-state index is 0.00480. The van der Waals surface area contributed by atoms with Crippen molar-refractivity contribution in [2.24, 2.45) is 11.1 Å². The van der Waals surface area contributed by atoms with Crippen LogP contribution in [0.2, 0.25) is 0 Å². The minimum atomic E-state index is -0.406. The molecule has 0 unspecified atom stereocenters. The topological polar surface area (TPSA) is 84.2 Å². The van der Waals surface area contributed by atoms with Crippen LogP contribution in [0.15, 0.2) is 0 Å². The Kier molecular flexibility index (Phi) is 7.59. The molecule has 20 heavy (non-hydrogen) atoms. The first kappa shape index (κ1) is 17.0. The quantitative estimate of drug-likeness (QED) is 0.616. The van der Waals surface area contributed by atoms with Crippen molar-refractivity contribution in [2.45, 2.75) is 58.3 Å². The molecule has 1 fully saturated rings. The van der Waals surface area contributed by atoms with Crippen LogP contribution in [0, 0.1) is 5.41 Å². The van der Waals surface area contributed by atoms with Gasteiger partial charge >= 0.3 is 0 Å². The Morgan fingerprint density at radius 1 is 1.05 bits per heavy atom. The highest BCUT2D eigenvalue weighted by molar-refractivity contribution is 5.83. The van der Waals surface area contributed by atoms with E-state index in [1.54, 1.807) is 0 Å². The Hall–Kier alpha value is -1.10. The fourth-order valence-electron chi connectivity index (χ4n) is 2.76. The summed E-state index contributed by atoms with van der Waals surface area (Å²) in [6.45, 7) is 3.51. The lowest BCUT2D eigenvalue weighted by atomic mass is 9.79. The molecular formula is C15H29N3O2. The molecule has 0 saturated heterocycles. The maximum Gasteiger partial charge on any atom is 0.227 e. The monoisotopic (exact) mass is 283 g/mol. The van der Waals surface area contributed by atoms with Crippen molar-refractivity contribution in [2.75, 3.05) is 19.6 Å². The van der Waals surface area contributed by atoms with Gasteiger partial charge in [0.25, 0.3) is 0 Å². The molecule has 0 heterocycles. The maximum atomic E-state index is 12.4. The molecule has 0 atom stereocenters. The summed E-state index contributed by atoms with van der Waals surface area (Å²) >= 11 is 0. The van der Waals surface area contributed by atoms with E-state index < -0.39 is 5.41 Å². The van der Waals surface area contributed by atoms with Crippen LogP contribution in [0.3, 0.4) is 0 Å². The fourth-order valence-corrected chi connectivity index (χ4v) is 2.76. The summed E-state index contributed by atoms with van der Waals surface area (Å²) in [6.07, 6.45) is 7.53. The molecule has 0 bridgehead atoms. The van der Waals surface area contributed by atoms with Gasteiger partial charge in [-0.1, -0.05) is 32.6 Å². The summed E-state index contributed by atoms with van der Waals surface area (Å²) in [6, 6.07) is 0. The number of carbonyl (C=O) groups excluding carboxylic acids is 2. The molecule has 1 saturated carbocycles. The van der Waals surface area contributed by atoms with Crippen LogP contribution in [-0.4, -0.2) is 31.4 Å². The van der Waals surface area contributed by atoms with Crippen LogP contribution in [-0.2, 0) is 9.59 Å². The Morgan fingerprint density at radius 2 is 1.70 bits per heavy atom. The molecular weight excluding hydrogens is 254 g/mol. The summed E-state index contributed by atoms with van der Waals surface area (Å²) in [5.41, 5.74) is 5.46. The van der Waals surface area contributed by atoms with Gasteiger partial charge in [0, 0.05) is 26.1 Å². The predicted molar refractivity (Wildman–Crippen MR) is 80.1 cm³/mol. The molecule has 1 rings (SSSR count). The third kappa shape index (κ3) is 5.12. The van der Waals surface area contributed by atoms with Gasteiger partial charge in [-0.25, -0.2) is 0 Å². The molecule has 0 aromatic heterocycles. The van der Waals surface area contributed by atoms with Crippen LogP contribution in [0.4, 0.5) is 0 Å². The summed E-state index contributed by atoms with van der Waals surface area (Å²) in [7, 11) is 0. The van der Waals surface area contributed by atoms with Crippen molar-refractivity contribution < 1.29 is 9.59 Å². The molecule has 0 spiro atoms. The van der Waals surface area contributed by atoms with Crippen LogP contribution in [0.5, 0.6) is 0 Å². The van der Waals surface area contributed by atoms with Gasteiger partial charge in [-0.3, -0.25) is 9.59 Å². The second kappa shape index (κ2) is 8.95. The third-order valence-electron chi connectivity index (χ3n) is 4.14. The lowest BCUT2D eigenvalue weighted by Crippen LogP contribution is -2.46. The first-order valence-corrected chi connectivity index (χ1v) is 7.89. The molecule has 0 aromatic carbocycles. The summed E-state index contributed by atoms with van der Waals surface area (Å²) in [5.74, 6) is 0.0278. The zero-order valence-corrected chi connectivity index (χ0v) is 12.7. The molecule has 5 nitrogen and oxygen atoms in total. The first-order valence-electron chi connectivity index (χ1n) is 7.89. The molecule has 116 valence electrons. The van der Waals surface area contributed by atoms with Crippen molar-refractivity contribution in [3.63, 3.8) is 0 Å². The molecule has 1 aliphatic rings. The number of carbonyl (C=O) groups is 2. The van der Waals surface area contributed by atoms with Crippen molar-refractivity contribution in [1.82, 2.24) is 10.6 Å². The van der Waals surface area contributed by atoms with E-state index in [4.69, 9.17) is 5.73 Å². The van der Waals surface area contributed by atoms with Crippen LogP contribution in [0.1, 0.15) is 58.3 Å². The first-order chi connectivity index (χ1) is 9.64. The van der Waals surface area contributed by atoms with Crippen LogP contribution in [0.25, 0.3) is 0 Å². The van der Waals surface area contributed by atoms with Crippen molar-refractivity contribution in [1.29, 1.82) is 0 Å². The molecule has 0 radical (unpaired) electrons. The SMILES string of the molecule is CCCNC(=O)CCNC(=O)C1(CN)CCCCCC1. The number of nitrogens with one attached hydrogen (secondary N) is 2. The third-order valence-corrected chi connectivity index (χ3v) is 4.14. The van der Waals surface area contributed by atoms with Crippen molar-refractivity contribution in [3.8, 4) is 0 Å². The van der Waals surface area contributed by atoms with Gasteiger partial charge < -0.3 is 16.4 Å². The lowest BCUT2D eigenvalue weighted by molar-refractivity contribution is -0.131. The molecule has 5 heteroatoms. The van der Waals surface area contributed by atoms with E-state index >= 15 is 0 Å². The summed E-state index contributed by atoms with van der Waals surface area (Å²) in [4.78, 5) is 23.9.